The number of nitrogens with two attached hydrogens (primary N) is 1. The Morgan fingerprint density at radius 2 is 1.95 bits per heavy atom. The highest BCUT2D eigenvalue weighted by Gasteiger charge is 2.17. The summed E-state index contributed by atoms with van der Waals surface area (Å²) in [6.45, 7) is 0. The monoisotopic (exact) mass is 420 g/mol. The molecule has 0 aliphatic heterocycles. The molecule has 0 saturated carbocycles. The van der Waals surface area contributed by atoms with E-state index in [-0.39, 0.29) is 11.9 Å². The van der Waals surface area contributed by atoms with E-state index in [0.717, 1.165) is 20.1 Å². The second-order valence-corrected chi connectivity index (χ2v) is 6.39. The minimum absolute atomic E-state index is 0.210. The van der Waals surface area contributed by atoms with Crippen molar-refractivity contribution in [3.05, 3.63) is 67.3 Å². The lowest BCUT2D eigenvalue weighted by atomic mass is 9.99. The molecule has 0 aliphatic rings. The average molecular weight is 423 g/mol. The highest BCUT2D eigenvalue weighted by molar-refractivity contribution is 9.10. The van der Waals surface area contributed by atoms with Crippen molar-refractivity contribution >= 4 is 43.5 Å². The molecule has 0 radical (unpaired) electrons. The van der Waals surface area contributed by atoms with Crippen LogP contribution < -0.4 is 11.3 Å². The predicted octanol–water partition coefficient (Wildman–Crippen LogP) is 4.75. The number of hydrogen-bond acceptors (Lipinski definition) is 2. The topological polar surface area (TPSA) is 38.0 Å². The summed E-state index contributed by atoms with van der Waals surface area (Å²) in [6, 6.07) is 10.0. The summed E-state index contributed by atoms with van der Waals surface area (Å²) >= 11 is 13.1. The van der Waals surface area contributed by atoms with Gasteiger partial charge in [0.1, 0.15) is 5.82 Å². The van der Waals surface area contributed by atoms with Gasteiger partial charge >= 0.3 is 0 Å². The molecule has 0 bridgehead atoms. The molecular formula is C14H12Br2ClFN2. The number of benzene rings is 2. The van der Waals surface area contributed by atoms with Gasteiger partial charge in [-0.25, -0.2) is 4.39 Å². The van der Waals surface area contributed by atoms with Crippen LogP contribution >= 0.6 is 43.5 Å². The van der Waals surface area contributed by atoms with Crippen molar-refractivity contribution in [2.45, 2.75) is 12.5 Å². The second-order valence-electron chi connectivity index (χ2n) is 4.30. The Labute approximate surface area is 138 Å². The first-order chi connectivity index (χ1) is 9.52. The molecule has 0 spiro atoms. The van der Waals surface area contributed by atoms with Crippen LogP contribution in [0.1, 0.15) is 17.2 Å². The van der Waals surface area contributed by atoms with E-state index in [2.05, 4.69) is 37.3 Å². The Bertz CT molecular complexity index is 622. The van der Waals surface area contributed by atoms with Gasteiger partial charge in [0.2, 0.25) is 0 Å². The molecule has 0 fully saturated rings. The van der Waals surface area contributed by atoms with Crippen LogP contribution in [-0.2, 0) is 6.42 Å². The first-order valence-corrected chi connectivity index (χ1v) is 7.83. The molecule has 0 amide bonds. The molecule has 1 unspecified atom stereocenters. The van der Waals surface area contributed by atoms with Crippen LogP contribution in [0.15, 0.2) is 45.3 Å². The van der Waals surface area contributed by atoms with Crippen molar-refractivity contribution in [1.82, 2.24) is 5.43 Å². The Balaban J connectivity index is 2.34. The van der Waals surface area contributed by atoms with Gasteiger partial charge in [0.05, 0.1) is 11.1 Å². The number of hydrogen-bond donors (Lipinski definition) is 2. The average Bonchev–Trinajstić information content (AvgIpc) is 2.43. The molecule has 2 rings (SSSR count). The third-order valence-electron chi connectivity index (χ3n) is 2.99. The number of nitrogens with one attached hydrogen (secondary N) is 1. The van der Waals surface area contributed by atoms with Crippen LogP contribution in [0.2, 0.25) is 5.02 Å². The second kappa shape index (κ2) is 7.00. The standard InChI is InChI=1S/C14H12Br2ClFN2/c15-11-5-4-9(18)6-8(11)7-13(20-19)10-2-1-3-12(16)14(10)17/h1-6,13,20H,7,19H2. The Morgan fingerprint density at radius 1 is 1.20 bits per heavy atom. The zero-order chi connectivity index (χ0) is 14.7. The fraction of sp³-hybridized carbons (Fsp3) is 0.143. The molecule has 2 nitrogen and oxygen atoms in total. The molecule has 0 aliphatic carbocycles. The van der Waals surface area contributed by atoms with Crippen molar-refractivity contribution in [2.24, 2.45) is 5.84 Å². The van der Waals surface area contributed by atoms with E-state index >= 15 is 0 Å². The fourth-order valence-corrected chi connectivity index (χ4v) is 3.02. The van der Waals surface area contributed by atoms with Crippen LogP contribution in [0.3, 0.4) is 0 Å². The van der Waals surface area contributed by atoms with Crippen LogP contribution in [0.25, 0.3) is 0 Å². The van der Waals surface area contributed by atoms with Crippen molar-refractivity contribution in [3.63, 3.8) is 0 Å². The molecule has 6 heteroatoms. The van der Waals surface area contributed by atoms with Gasteiger partial charge in [-0.1, -0.05) is 39.7 Å². The normalized spacial score (nSPS) is 12.4. The van der Waals surface area contributed by atoms with E-state index in [1.807, 2.05) is 18.2 Å². The van der Waals surface area contributed by atoms with Gasteiger partial charge in [0, 0.05) is 8.95 Å². The molecule has 2 aromatic rings. The number of rotatable bonds is 4. The molecule has 0 heterocycles. The number of halogens is 4. The molecule has 0 aromatic heterocycles. The van der Waals surface area contributed by atoms with Gasteiger partial charge in [-0.15, -0.1) is 0 Å². The van der Waals surface area contributed by atoms with Crippen LogP contribution in [-0.4, -0.2) is 0 Å². The highest BCUT2D eigenvalue weighted by atomic mass is 79.9. The maximum atomic E-state index is 13.3. The van der Waals surface area contributed by atoms with Gasteiger partial charge in [0.25, 0.3) is 0 Å². The molecule has 0 saturated heterocycles. The maximum absolute atomic E-state index is 13.3. The summed E-state index contributed by atoms with van der Waals surface area (Å²) in [7, 11) is 0. The van der Waals surface area contributed by atoms with E-state index < -0.39 is 0 Å². The SMILES string of the molecule is NNC(Cc1cc(F)ccc1Br)c1cccc(Br)c1Cl. The van der Waals surface area contributed by atoms with E-state index in [9.17, 15) is 4.39 Å². The van der Waals surface area contributed by atoms with Gasteiger partial charge in [-0.3, -0.25) is 11.3 Å². The minimum Gasteiger partial charge on any atom is -0.271 e. The molecule has 106 valence electrons. The Morgan fingerprint density at radius 3 is 2.65 bits per heavy atom. The Kier molecular flexibility index (Phi) is 5.57. The zero-order valence-electron chi connectivity index (χ0n) is 10.3. The summed E-state index contributed by atoms with van der Waals surface area (Å²) in [5.74, 6) is 5.35. The molecule has 3 N–H and O–H groups in total. The van der Waals surface area contributed by atoms with Crippen LogP contribution in [0.5, 0.6) is 0 Å². The molecule has 2 aromatic carbocycles. The quantitative estimate of drug-likeness (QED) is 0.551. The van der Waals surface area contributed by atoms with Crippen LogP contribution in [0, 0.1) is 5.82 Å². The lowest BCUT2D eigenvalue weighted by Crippen LogP contribution is -2.30. The van der Waals surface area contributed by atoms with Gasteiger partial charge in [-0.05, 0) is 57.7 Å². The predicted molar refractivity (Wildman–Crippen MR) is 87.0 cm³/mol. The lowest BCUT2D eigenvalue weighted by molar-refractivity contribution is 0.547. The largest absolute Gasteiger partial charge is 0.271 e. The van der Waals surface area contributed by atoms with E-state index in [4.69, 9.17) is 17.4 Å². The maximum Gasteiger partial charge on any atom is 0.123 e. The van der Waals surface area contributed by atoms with E-state index in [1.54, 1.807) is 6.07 Å². The van der Waals surface area contributed by atoms with Gasteiger partial charge < -0.3 is 0 Å². The van der Waals surface area contributed by atoms with Crippen molar-refractivity contribution < 1.29 is 4.39 Å². The van der Waals surface area contributed by atoms with Crippen molar-refractivity contribution in [2.75, 3.05) is 0 Å². The fourth-order valence-electron chi connectivity index (χ4n) is 1.97. The molecular weight excluding hydrogens is 410 g/mol. The third kappa shape index (κ3) is 3.59. The Hall–Kier alpha value is -0.460. The summed E-state index contributed by atoms with van der Waals surface area (Å²) in [6.07, 6.45) is 0.519. The molecule has 1 atom stereocenters. The zero-order valence-corrected chi connectivity index (χ0v) is 14.3. The van der Waals surface area contributed by atoms with Crippen LogP contribution in [0.4, 0.5) is 4.39 Å². The smallest absolute Gasteiger partial charge is 0.123 e. The third-order valence-corrected chi connectivity index (χ3v) is 5.07. The van der Waals surface area contributed by atoms with Gasteiger partial charge in [0.15, 0.2) is 0 Å². The summed E-state index contributed by atoms with van der Waals surface area (Å²) < 4.78 is 15.0. The van der Waals surface area contributed by atoms with Gasteiger partial charge in [-0.2, -0.15) is 0 Å². The number of hydrazine groups is 1. The van der Waals surface area contributed by atoms with Crippen molar-refractivity contribution in [1.29, 1.82) is 0 Å². The first-order valence-electron chi connectivity index (χ1n) is 5.87. The minimum atomic E-state index is -0.278. The molecule has 20 heavy (non-hydrogen) atoms. The lowest BCUT2D eigenvalue weighted by Gasteiger charge is -2.19. The summed E-state index contributed by atoms with van der Waals surface area (Å²) in [5.41, 5.74) is 4.42. The van der Waals surface area contributed by atoms with E-state index in [1.165, 1.54) is 12.1 Å². The highest BCUT2D eigenvalue weighted by Crippen LogP contribution is 2.32. The summed E-state index contributed by atoms with van der Waals surface area (Å²) in [4.78, 5) is 0. The van der Waals surface area contributed by atoms with Crippen molar-refractivity contribution in [3.8, 4) is 0 Å². The summed E-state index contributed by atoms with van der Waals surface area (Å²) in [5, 5.41) is 0.600. The van der Waals surface area contributed by atoms with E-state index in [0.29, 0.717) is 11.4 Å². The first kappa shape index (κ1) is 15.9.